The zero-order valence-corrected chi connectivity index (χ0v) is 29.1. The van der Waals surface area contributed by atoms with E-state index >= 15 is 0 Å². The number of amides is 4. The molecule has 0 aliphatic carbocycles. The summed E-state index contributed by atoms with van der Waals surface area (Å²) in [4.78, 5) is 59.8. The number of carbonyl (C=O) groups is 4. The maximum atomic E-state index is 14.0. The van der Waals surface area contributed by atoms with E-state index in [0.29, 0.717) is 13.2 Å². The number of aromatic nitrogens is 2. The molecule has 0 spiro atoms. The summed E-state index contributed by atoms with van der Waals surface area (Å²) in [5.41, 5.74) is -0.537. The summed E-state index contributed by atoms with van der Waals surface area (Å²) in [7, 11) is 1.63. The van der Waals surface area contributed by atoms with Crippen LogP contribution in [0, 0.1) is 0 Å². The second-order valence-electron chi connectivity index (χ2n) is 13.6. The molecule has 49 heavy (non-hydrogen) atoms. The number of methoxy groups -OCH3 is 1. The van der Waals surface area contributed by atoms with Gasteiger partial charge in [-0.3, -0.25) is 14.4 Å². The van der Waals surface area contributed by atoms with E-state index in [-0.39, 0.29) is 31.0 Å². The Morgan fingerprint density at radius 2 is 1.65 bits per heavy atom. The lowest BCUT2D eigenvalue weighted by Crippen LogP contribution is -2.59. The fourth-order valence-corrected chi connectivity index (χ4v) is 5.49. The van der Waals surface area contributed by atoms with E-state index in [0.717, 1.165) is 24.0 Å². The molecule has 4 rings (SSSR count). The first-order valence-electron chi connectivity index (χ1n) is 16.4. The Bertz CT molecular complexity index is 1550. The molecule has 1 saturated heterocycles. The quantitative estimate of drug-likeness (QED) is 0.231. The largest absolute Gasteiger partial charge is 0.444 e. The van der Waals surface area contributed by atoms with E-state index in [1.807, 2.05) is 65.6 Å². The van der Waals surface area contributed by atoms with Gasteiger partial charge in [0.1, 0.15) is 23.2 Å². The van der Waals surface area contributed by atoms with E-state index in [9.17, 15) is 19.2 Å². The molecule has 3 aromatic rings. The monoisotopic (exact) mass is 676 g/mol. The third-order valence-electron chi connectivity index (χ3n) is 7.92. The molecule has 1 fully saturated rings. The van der Waals surface area contributed by atoms with Crippen LogP contribution in [-0.4, -0.2) is 88.4 Å². The van der Waals surface area contributed by atoms with Gasteiger partial charge in [0.15, 0.2) is 5.82 Å². The summed E-state index contributed by atoms with van der Waals surface area (Å²) < 4.78 is 18.2. The standard InChI is InChI=1S/C36H48N6O7/c1-35(2,3)49-34(46)40-36(4,5)33(45)38-28(23-48-21-25-14-9-7-10-15-25)31(43)39-29-20-41(24-37-29)30(26-16-11-8-12-17-26)32(44)42-19-13-18-27(42)22-47-6/h7-12,14-17,20,24,27-28,30H,13,18-19,21-23H2,1-6H3,(H,38,45)(H,39,43)(H,40,46). The van der Waals surface area contributed by atoms with Gasteiger partial charge >= 0.3 is 6.09 Å². The lowest BCUT2D eigenvalue weighted by molar-refractivity contribution is -0.135. The lowest BCUT2D eigenvalue weighted by atomic mass is 10.0. The smallest absolute Gasteiger partial charge is 0.408 e. The number of anilines is 1. The van der Waals surface area contributed by atoms with Crippen molar-refractivity contribution in [3.63, 3.8) is 0 Å². The van der Waals surface area contributed by atoms with E-state index < -0.39 is 41.1 Å². The number of ether oxygens (including phenoxy) is 3. The number of nitrogens with zero attached hydrogens (tertiary/aromatic N) is 3. The van der Waals surface area contributed by atoms with Crippen molar-refractivity contribution >= 4 is 29.6 Å². The second-order valence-corrected chi connectivity index (χ2v) is 13.6. The summed E-state index contributed by atoms with van der Waals surface area (Å²) in [6.45, 7) is 9.26. The maximum Gasteiger partial charge on any atom is 0.408 e. The van der Waals surface area contributed by atoms with Gasteiger partial charge in [-0.1, -0.05) is 60.7 Å². The van der Waals surface area contributed by atoms with E-state index in [1.54, 1.807) is 38.6 Å². The van der Waals surface area contributed by atoms with E-state index in [2.05, 4.69) is 20.9 Å². The van der Waals surface area contributed by atoms with Crippen molar-refractivity contribution in [2.75, 3.05) is 32.2 Å². The minimum absolute atomic E-state index is 0.0271. The summed E-state index contributed by atoms with van der Waals surface area (Å²) in [5, 5.41) is 8.03. The predicted octanol–water partition coefficient (Wildman–Crippen LogP) is 4.05. The van der Waals surface area contributed by atoms with Crippen LogP contribution in [-0.2, 0) is 35.2 Å². The third kappa shape index (κ3) is 10.6. The van der Waals surface area contributed by atoms with Gasteiger partial charge in [0.05, 0.1) is 32.2 Å². The van der Waals surface area contributed by atoms with Crippen LogP contribution >= 0.6 is 0 Å². The van der Waals surface area contributed by atoms with Gasteiger partial charge in [0.25, 0.3) is 11.8 Å². The first-order chi connectivity index (χ1) is 23.3. The van der Waals surface area contributed by atoms with Gasteiger partial charge in [-0.25, -0.2) is 9.78 Å². The zero-order chi connectivity index (χ0) is 35.6. The Morgan fingerprint density at radius 3 is 2.31 bits per heavy atom. The summed E-state index contributed by atoms with van der Waals surface area (Å²) in [6.07, 6.45) is 4.06. The number of benzene rings is 2. The van der Waals surface area contributed by atoms with Gasteiger partial charge < -0.3 is 39.6 Å². The second kappa shape index (κ2) is 16.6. The molecular weight excluding hydrogens is 628 g/mol. The Balaban J connectivity index is 1.52. The van der Waals surface area contributed by atoms with Crippen molar-refractivity contribution in [2.24, 2.45) is 0 Å². The highest BCUT2D eigenvalue weighted by Crippen LogP contribution is 2.27. The zero-order valence-electron chi connectivity index (χ0n) is 29.1. The molecule has 3 N–H and O–H groups in total. The molecule has 13 nitrogen and oxygen atoms in total. The highest BCUT2D eigenvalue weighted by atomic mass is 16.6. The van der Waals surface area contributed by atoms with Crippen LogP contribution in [0.5, 0.6) is 0 Å². The average Bonchev–Trinajstić information content (AvgIpc) is 3.70. The maximum absolute atomic E-state index is 14.0. The predicted molar refractivity (Wildman–Crippen MR) is 184 cm³/mol. The summed E-state index contributed by atoms with van der Waals surface area (Å²) in [5.74, 6) is -1.14. The molecule has 2 heterocycles. The van der Waals surface area contributed by atoms with Gasteiger partial charge in [-0.2, -0.15) is 0 Å². The van der Waals surface area contributed by atoms with E-state index in [4.69, 9.17) is 14.2 Å². The van der Waals surface area contributed by atoms with Crippen LogP contribution in [0.1, 0.15) is 64.6 Å². The Kier molecular flexibility index (Phi) is 12.5. The van der Waals surface area contributed by atoms with Crippen molar-refractivity contribution < 1.29 is 33.4 Å². The van der Waals surface area contributed by atoms with Gasteiger partial charge in [-0.05, 0) is 58.6 Å². The van der Waals surface area contributed by atoms with E-state index in [1.165, 1.54) is 20.2 Å². The van der Waals surface area contributed by atoms with Crippen LogP contribution < -0.4 is 16.0 Å². The summed E-state index contributed by atoms with van der Waals surface area (Å²) >= 11 is 0. The molecule has 3 atom stereocenters. The molecule has 1 aliphatic heterocycles. The van der Waals surface area contributed by atoms with Gasteiger partial charge in [0.2, 0.25) is 5.91 Å². The first-order valence-corrected chi connectivity index (χ1v) is 16.4. The molecule has 1 aromatic heterocycles. The first kappa shape index (κ1) is 37.1. The van der Waals surface area contributed by atoms with Crippen LogP contribution in [0.4, 0.5) is 10.6 Å². The van der Waals surface area contributed by atoms with Crippen molar-refractivity contribution in [3.8, 4) is 0 Å². The fourth-order valence-electron chi connectivity index (χ4n) is 5.49. The number of hydrogen-bond acceptors (Lipinski definition) is 8. The summed E-state index contributed by atoms with van der Waals surface area (Å²) in [6, 6.07) is 16.9. The topological polar surface area (TPSA) is 153 Å². The molecule has 0 radical (unpaired) electrons. The Morgan fingerprint density at radius 1 is 0.980 bits per heavy atom. The number of alkyl carbamates (subject to hydrolysis) is 1. The molecule has 0 saturated carbocycles. The molecule has 3 unspecified atom stereocenters. The molecule has 1 aliphatic rings. The Hall–Kier alpha value is -4.75. The highest BCUT2D eigenvalue weighted by molar-refractivity contribution is 5.98. The number of rotatable bonds is 14. The van der Waals surface area contributed by atoms with Crippen LogP contribution in [0.25, 0.3) is 0 Å². The fraction of sp³-hybridized carbons (Fsp3) is 0.472. The molecule has 13 heteroatoms. The minimum atomic E-state index is -1.43. The molecule has 4 amide bonds. The normalized spacial score (nSPS) is 16.0. The van der Waals surface area contributed by atoms with Crippen LogP contribution in [0.2, 0.25) is 0 Å². The number of hydrogen-bond donors (Lipinski definition) is 3. The van der Waals surface area contributed by atoms with Crippen molar-refractivity contribution in [3.05, 3.63) is 84.3 Å². The molecular formula is C36H48N6O7. The number of imidazole rings is 1. The highest BCUT2D eigenvalue weighted by Gasteiger charge is 2.36. The lowest BCUT2D eigenvalue weighted by Gasteiger charge is -2.29. The van der Waals surface area contributed by atoms with Gasteiger partial charge in [0, 0.05) is 19.9 Å². The van der Waals surface area contributed by atoms with Crippen molar-refractivity contribution in [1.29, 1.82) is 0 Å². The van der Waals surface area contributed by atoms with Crippen molar-refractivity contribution in [1.82, 2.24) is 25.1 Å². The SMILES string of the molecule is COCC1CCCN1C(=O)C(c1ccccc1)n1cnc(NC(=O)C(COCc2ccccc2)NC(=O)C(C)(C)NC(=O)OC(C)(C)C)c1. The van der Waals surface area contributed by atoms with Gasteiger partial charge in [-0.15, -0.1) is 0 Å². The molecule has 0 bridgehead atoms. The Labute approximate surface area is 287 Å². The number of nitrogens with one attached hydrogen (secondary N) is 3. The third-order valence-corrected chi connectivity index (χ3v) is 7.92. The number of likely N-dealkylation sites (tertiary alicyclic amines) is 1. The van der Waals surface area contributed by atoms with Crippen LogP contribution in [0.15, 0.2) is 73.2 Å². The molecule has 2 aromatic carbocycles. The number of carbonyl (C=O) groups excluding carboxylic acids is 4. The molecule has 264 valence electrons. The van der Waals surface area contributed by atoms with Crippen LogP contribution in [0.3, 0.4) is 0 Å². The minimum Gasteiger partial charge on any atom is -0.444 e. The van der Waals surface area contributed by atoms with Crippen molar-refractivity contribution in [2.45, 2.75) is 83.3 Å². The average molecular weight is 677 g/mol.